The first kappa shape index (κ1) is 9.30. The van der Waals surface area contributed by atoms with Crippen LogP contribution in [0.25, 0.3) is 0 Å². The molecule has 1 aliphatic rings. The summed E-state index contributed by atoms with van der Waals surface area (Å²) in [6, 6.07) is 0. The molecule has 1 heterocycles. The lowest BCUT2D eigenvalue weighted by Gasteiger charge is -2.32. The Kier molecular flexibility index (Phi) is 1.82. The van der Waals surface area contributed by atoms with Gasteiger partial charge in [-0.2, -0.15) is 0 Å². The number of amides is 1. The molecule has 1 rings (SSSR count). The van der Waals surface area contributed by atoms with Crippen molar-refractivity contribution < 1.29 is 4.79 Å². The third-order valence-corrected chi connectivity index (χ3v) is 2.13. The zero-order valence-electron chi connectivity index (χ0n) is 8.51. The summed E-state index contributed by atoms with van der Waals surface area (Å²) in [4.78, 5) is 13.5. The molecule has 0 aliphatic carbocycles. The van der Waals surface area contributed by atoms with Gasteiger partial charge < -0.3 is 4.90 Å². The molecule has 0 radical (unpaired) electrons. The summed E-state index contributed by atoms with van der Waals surface area (Å²) < 4.78 is 0. The van der Waals surface area contributed by atoms with Crippen LogP contribution in [-0.2, 0) is 4.79 Å². The average Bonchev–Trinajstić information content (AvgIpc) is 2.06. The molecule has 0 saturated heterocycles. The van der Waals surface area contributed by atoms with Crippen LogP contribution < -0.4 is 0 Å². The van der Waals surface area contributed by atoms with Gasteiger partial charge in [0, 0.05) is 11.7 Å². The molecular formula is C10H17NO. The van der Waals surface area contributed by atoms with Gasteiger partial charge in [-0.15, -0.1) is 0 Å². The zero-order valence-corrected chi connectivity index (χ0v) is 8.51. The molecule has 0 aromatic carbocycles. The summed E-state index contributed by atoms with van der Waals surface area (Å²) in [7, 11) is 0. The molecule has 0 saturated carbocycles. The summed E-state index contributed by atoms with van der Waals surface area (Å²) in [5.41, 5.74) is -0.408. The number of carbonyl (C=O) groups is 1. The molecule has 2 nitrogen and oxygen atoms in total. The van der Waals surface area contributed by atoms with Crippen molar-refractivity contribution in [3.05, 3.63) is 12.3 Å². The summed E-state index contributed by atoms with van der Waals surface area (Å²) in [5, 5.41) is 0. The minimum atomic E-state index is -0.312. The summed E-state index contributed by atoms with van der Waals surface area (Å²) in [6.07, 6.45) is 3.85. The summed E-state index contributed by atoms with van der Waals surface area (Å²) in [6.45, 7) is 10.00. The van der Waals surface area contributed by atoms with Crippen molar-refractivity contribution >= 4 is 5.91 Å². The van der Waals surface area contributed by atoms with Gasteiger partial charge in [-0.25, -0.2) is 0 Å². The van der Waals surface area contributed by atoms with Gasteiger partial charge in [0.1, 0.15) is 0 Å². The Morgan fingerprint density at radius 1 is 1.33 bits per heavy atom. The second-order valence-corrected chi connectivity index (χ2v) is 4.88. The Hall–Kier alpha value is -0.790. The van der Waals surface area contributed by atoms with Crippen molar-refractivity contribution in [2.75, 3.05) is 0 Å². The Bertz CT molecular complexity index is 233. The van der Waals surface area contributed by atoms with Crippen LogP contribution in [0.3, 0.4) is 0 Å². The molecule has 1 amide bonds. The molecule has 1 aliphatic heterocycles. The first-order chi connectivity index (χ1) is 5.25. The fourth-order valence-electron chi connectivity index (χ4n) is 1.24. The molecule has 0 bridgehead atoms. The van der Waals surface area contributed by atoms with Crippen molar-refractivity contribution in [1.82, 2.24) is 4.90 Å². The van der Waals surface area contributed by atoms with Crippen LogP contribution in [0.2, 0.25) is 0 Å². The highest BCUT2D eigenvalue weighted by Gasteiger charge is 2.38. The van der Waals surface area contributed by atoms with E-state index < -0.39 is 0 Å². The molecule has 0 N–H and O–H groups in total. The Balaban J connectivity index is 2.90. The van der Waals surface area contributed by atoms with E-state index >= 15 is 0 Å². The largest absolute Gasteiger partial charge is 0.313 e. The van der Waals surface area contributed by atoms with Gasteiger partial charge in [0.05, 0.1) is 5.41 Å². The predicted molar refractivity (Wildman–Crippen MR) is 49.5 cm³/mol. The molecular weight excluding hydrogens is 150 g/mol. The van der Waals surface area contributed by atoms with Crippen LogP contribution in [0.15, 0.2) is 12.3 Å². The van der Waals surface area contributed by atoms with Gasteiger partial charge in [0.15, 0.2) is 0 Å². The maximum Gasteiger partial charge on any atom is 0.236 e. The van der Waals surface area contributed by atoms with Crippen molar-refractivity contribution in [2.24, 2.45) is 5.41 Å². The van der Waals surface area contributed by atoms with Gasteiger partial charge >= 0.3 is 0 Å². The predicted octanol–water partition coefficient (Wildman–Crippen LogP) is 2.17. The number of hydrogen-bond donors (Lipinski definition) is 0. The van der Waals surface area contributed by atoms with Crippen molar-refractivity contribution in [1.29, 1.82) is 0 Å². The van der Waals surface area contributed by atoms with Gasteiger partial charge in [-0.1, -0.05) is 6.08 Å². The van der Waals surface area contributed by atoms with E-state index in [0.717, 1.165) is 0 Å². The first-order valence-electron chi connectivity index (χ1n) is 4.28. The third-order valence-electron chi connectivity index (χ3n) is 2.13. The fourth-order valence-corrected chi connectivity index (χ4v) is 1.24. The van der Waals surface area contributed by atoms with Crippen molar-refractivity contribution in [3.63, 3.8) is 0 Å². The van der Waals surface area contributed by atoms with E-state index in [-0.39, 0.29) is 16.9 Å². The van der Waals surface area contributed by atoms with Crippen LogP contribution >= 0.6 is 0 Å². The minimum Gasteiger partial charge on any atom is -0.313 e. The van der Waals surface area contributed by atoms with E-state index in [1.807, 2.05) is 46.9 Å². The van der Waals surface area contributed by atoms with E-state index in [2.05, 4.69) is 0 Å². The second kappa shape index (κ2) is 2.35. The van der Waals surface area contributed by atoms with Gasteiger partial charge in [-0.05, 0) is 34.6 Å². The normalized spacial score (nSPS) is 22.1. The standard InChI is InChI=1S/C10H17NO/c1-9(2,3)11-7-6-10(4,5)8(11)12/h6-7H,1-5H3. The molecule has 12 heavy (non-hydrogen) atoms. The fraction of sp³-hybridized carbons (Fsp3) is 0.700. The highest BCUT2D eigenvalue weighted by Crippen LogP contribution is 2.31. The maximum absolute atomic E-state index is 11.7. The van der Waals surface area contributed by atoms with Crippen LogP contribution in [0, 0.1) is 5.41 Å². The molecule has 0 aromatic heterocycles. The molecule has 0 spiro atoms. The van der Waals surface area contributed by atoms with E-state index in [0.29, 0.717) is 0 Å². The average molecular weight is 167 g/mol. The molecule has 68 valence electrons. The SMILES string of the molecule is CC1(C)C=CN(C(C)(C)C)C1=O. The smallest absolute Gasteiger partial charge is 0.236 e. The number of carbonyl (C=O) groups excluding carboxylic acids is 1. The van der Waals surface area contributed by atoms with Crippen LogP contribution in [0.1, 0.15) is 34.6 Å². The van der Waals surface area contributed by atoms with Crippen LogP contribution in [-0.4, -0.2) is 16.3 Å². The maximum atomic E-state index is 11.7. The quantitative estimate of drug-likeness (QED) is 0.541. The zero-order chi connectivity index (χ0) is 9.57. The molecule has 0 aromatic rings. The summed E-state index contributed by atoms with van der Waals surface area (Å²) >= 11 is 0. The Morgan fingerprint density at radius 2 is 1.83 bits per heavy atom. The number of rotatable bonds is 0. The Labute approximate surface area is 74.2 Å². The second-order valence-electron chi connectivity index (χ2n) is 4.88. The molecule has 0 atom stereocenters. The monoisotopic (exact) mass is 167 g/mol. The topological polar surface area (TPSA) is 20.3 Å². The van der Waals surface area contributed by atoms with Crippen molar-refractivity contribution in [2.45, 2.75) is 40.2 Å². The lowest BCUT2D eigenvalue weighted by atomic mass is 9.93. The minimum absolute atomic E-state index is 0.0959. The first-order valence-corrected chi connectivity index (χ1v) is 4.28. The third kappa shape index (κ3) is 1.38. The summed E-state index contributed by atoms with van der Waals surface area (Å²) in [5.74, 6) is 0.190. The number of hydrogen-bond acceptors (Lipinski definition) is 1. The van der Waals surface area contributed by atoms with E-state index in [4.69, 9.17) is 0 Å². The molecule has 0 fully saturated rings. The van der Waals surface area contributed by atoms with Crippen molar-refractivity contribution in [3.8, 4) is 0 Å². The van der Waals surface area contributed by atoms with Crippen LogP contribution in [0.5, 0.6) is 0 Å². The molecule has 0 unspecified atom stereocenters. The van der Waals surface area contributed by atoms with Gasteiger partial charge in [0.25, 0.3) is 0 Å². The lowest BCUT2D eigenvalue weighted by molar-refractivity contribution is -0.137. The highest BCUT2D eigenvalue weighted by atomic mass is 16.2. The van der Waals surface area contributed by atoms with Gasteiger partial charge in [0.2, 0.25) is 5.91 Å². The molecule has 2 heteroatoms. The lowest BCUT2D eigenvalue weighted by Crippen LogP contribution is -2.43. The highest BCUT2D eigenvalue weighted by molar-refractivity contribution is 5.88. The van der Waals surface area contributed by atoms with Gasteiger partial charge in [-0.3, -0.25) is 4.79 Å². The number of nitrogens with zero attached hydrogens (tertiary/aromatic N) is 1. The van der Waals surface area contributed by atoms with Crippen LogP contribution in [0.4, 0.5) is 0 Å². The van der Waals surface area contributed by atoms with E-state index in [1.54, 1.807) is 4.90 Å². The van der Waals surface area contributed by atoms with E-state index in [1.165, 1.54) is 0 Å². The Morgan fingerprint density at radius 3 is 2.00 bits per heavy atom. The van der Waals surface area contributed by atoms with E-state index in [9.17, 15) is 4.79 Å².